The fourth-order valence-electron chi connectivity index (χ4n) is 2.20. The molecule has 3 aromatic rings. The van der Waals surface area contributed by atoms with Crippen molar-refractivity contribution in [3.63, 3.8) is 0 Å². The van der Waals surface area contributed by atoms with Crippen LogP contribution in [0.2, 0.25) is 5.28 Å². The van der Waals surface area contributed by atoms with E-state index in [0.717, 1.165) is 28.5 Å². The van der Waals surface area contributed by atoms with Gasteiger partial charge in [0, 0.05) is 29.3 Å². The van der Waals surface area contributed by atoms with Crippen molar-refractivity contribution >= 4 is 11.6 Å². The molecule has 0 saturated heterocycles. The van der Waals surface area contributed by atoms with Crippen molar-refractivity contribution in [2.24, 2.45) is 0 Å². The lowest BCUT2D eigenvalue weighted by Crippen LogP contribution is -2.01. The van der Waals surface area contributed by atoms with Crippen molar-refractivity contribution in [1.29, 1.82) is 0 Å². The monoisotopic (exact) mass is 284 g/mol. The van der Waals surface area contributed by atoms with E-state index in [0.29, 0.717) is 0 Å². The molecule has 0 unspecified atom stereocenters. The summed E-state index contributed by atoms with van der Waals surface area (Å²) in [7, 11) is 0. The van der Waals surface area contributed by atoms with Crippen LogP contribution in [0.25, 0.3) is 17.1 Å². The van der Waals surface area contributed by atoms with E-state index in [9.17, 15) is 0 Å². The average Bonchev–Trinajstić information content (AvgIpc) is 2.78. The van der Waals surface area contributed by atoms with Gasteiger partial charge in [-0.15, -0.1) is 0 Å². The average molecular weight is 285 g/mol. The van der Waals surface area contributed by atoms with Crippen LogP contribution in [0.1, 0.15) is 11.4 Å². The van der Waals surface area contributed by atoms with Crippen LogP contribution in [0.3, 0.4) is 0 Å². The second-order valence-corrected chi connectivity index (χ2v) is 4.91. The number of rotatable bonds is 2. The van der Waals surface area contributed by atoms with Gasteiger partial charge in [-0.25, -0.2) is 15.0 Å². The molecular weight excluding hydrogens is 272 g/mol. The van der Waals surface area contributed by atoms with Crippen LogP contribution in [0.15, 0.2) is 42.7 Å². The summed E-state index contributed by atoms with van der Waals surface area (Å²) in [6.07, 6.45) is 3.44. The number of nitrogens with zero attached hydrogens (tertiary/aromatic N) is 4. The first-order valence-corrected chi connectivity index (χ1v) is 6.63. The number of aryl methyl sites for hydroxylation is 2. The van der Waals surface area contributed by atoms with Crippen molar-refractivity contribution in [3.05, 3.63) is 59.4 Å². The lowest BCUT2D eigenvalue weighted by Gasteiger charge is -2.09. The van der Waals surface area contributed by atoms with Crippen LogP contribution < -0.4 is 0 Å². The van der Waals surface area contributed by atoms with Crippen molar-refractivity contribution in [3.8, 4) is 17.1 Å². The third-order valence-corrected chi connectivity index (χ3v) is 3.35. The predicted molar refractivity (Wildman–Crippen MR) is 79.1 cm³/mol. The highest BCUT2D eigenvalue weighted by molar-refractivity contribution is 6.28. The Bertz CT molecular complexity index is 727. The molecule has 0 saturated carbocycles. The van der Waals surface area contributed by atoms with E-state index >= 15 is 0 Å². The van der Waals surface area contributed by atoms with Gasteiger partial charge in [0.25, 0.3) is 0 Å². The third kappa shape index (κ3) is 2.30. The van der Waals surface area contributed by atoms with E-state index in [2.05, 4.69) is 45.5 Å². The summed E-state index contributed by atoms with van der Waals surface area (Å²) in [4.78, 5) is 12.6. The molecule has 0 radical (unpaired) electrons. The number of halogens is 1. The van der Waals surface area contributed by atoms with Gasteiger partial charge in [-0.05, 0) is 55.8 Å². The van der Waals surface area contributed by atoms with Gasteiger partial charge in [0.1, 0.15) is 5.82 Å². The summed E-state index contributed by atoms with van der Waals surface area (Å²) in [5.74, 6) is 0.897. The second kappa shape index (κ2) is 5.06. The lowest BCUT2D eigenvalue weighted by atomic mass is 10.2. The highest BCUT2D eigenvalue weighted by atomic mass is 35.5. The Morgan fingerprint density at radius 3 is 2.30 bits per heavy atom. The van der Waals surface area contributed by atoms with E-state index in [1.165, 1.54) is 0 Å². The first-order chi connectivity index (χ1) is 9.65. The Labute approximate surface area is 122 Å². The Kier molecular flexibility index (Phi) is 3.24. The molecule has 4 nitrogen and oxygen atoms in total. The number of hydrogen-bond acceptors (Lipinski definition) is 3. The molecule has 5 heteroatoms. The number of aromatic nitrogens is 4. The van der Waals surface area contributed by atoms with Crippen LogP contribution >= 0.6 is 11.6 Å². The van der Waals surface area contributed by atoms with Crippen LogP contribution in [0.4, 0.5) is 0 Å². The minimum absolute atomic E-state index is 0.240. The van der Waals surface area contributed by atoms with Crippen molar-refractivity contribution in [2.75, 3.05) is 0 Å². The molecule has 3 heterocycles. The fourth-order valence-corrected chi connectivity index (χ4v) is 2.34. The molecular formula is C15H13ClN4. The van der Waals surface area contributed by atoms with Gasteiger partial charge in [0.15, 0.2) is 0 Å². The highest BCUT2D eigenvalue weighted by Gasteiger charge is 2.06. The molecule has 0 amide bonds. The Hall–Kier alpha value is -2.20. The lowest BCUT2D eigenvalue weighted by molar-refractivity contribution is 0.922. The third-order valence-electron chi connectivity index (χ3n) is 3.17. The SMILES string of the molecule is Cc1ccc(C)n1-c1ccc(-c2ccnc(Cl)n2)cn1. The highest BCUT2D eigenvalue weighted by Crippen LogP contribution is 2.20. The molecule has 0 aliphatic carbocycles. The Morgan fingerprint density at radius 2 is 1.70 bits per heavy atom. The molecule has 0 aromatic carbocycles. The Balaban J connectivity index is 2.00. The molecule has 0 N–H and O–H groups in total. The zero-order valence-electron chi connectivity index (χ0n) is 11.2. The predicted octanol–water partition coefficient (Wildman–Crippen LogP) is 3.60. The van der Waals surface area contributed by atoms with Gasteiger partial charge in [0.2, 0.25) is 5.28 Å². The fraction of sp³-hybridized carbons (Fsp3) is 0.133. The quantitative estimate of drug-likeness (QED) is 0.675. The van der Waals surface area contributed by atoms with E-state index in [1.54, 1.807) is 12.4 Å². The normalized spacial score (nSPS) is 10.8. The molecule has 0 atom stereocenters. The largest absolute Gasteiger partial charge is 0.303 e. The van der Waals surface area contributed by atoms with E-state index in [-0.39, 0.29) is 5.28 Å². The van der Waals surface area contributed by atoms with Crippen LogP contribution in [-0.2, 0) is 0 Å². The standard InChI is InChI=1S/C15H13ClN4/c1-10-3-4-11(2)20(10)14-6-5-12(9-18-14)13-7-8-17-15(16)19-13/h3-9H,1-2H3. The molecule has 100 valence electrons. The minimum Gasteiger partial charge on any atom is -0.303 e. The van der Waals surface area contributed by atoms with Crippen LogP contribution in [0.5, 0.6) is 0 Å². The second-order valence-electron chi connectivity index (χ2n) is 4.57. The summed E-state index contributed by atoms with van der Waals surface area (Å²) in [6.45, 7) is 4.12. The van der Waals surface area contributed by atoms with Gasteiger partial charge in [-0.3, -0.25) is 0 Å². The molecule has 3 aromatic heterocycles. The summed E-state index contributed by atoms with van der Waals surface area (Å²) >= 11 is 5.80. The molecule has 0 spiro atoms. The van der Waals surface area contributed by atoms with Crippen LogP contribution in [0, 0.1) is 13.8 Å². The summed E-state index contributed by atoms with van der Waals surface area (Å²) < 4.78 is 2.11. The molecule has 3 rings (SSSR count). The van der Waals surface area contributed by atoms with E-state index in [4.69, 9.17) is 11.6 Å². The maximum atomic E-state index is 5.80. The van der Waals surface area contributed by atoms with Crippen molar-refractivity contribution < 1.29 is 0 Å². The molecule has 0 aliphatic rings. The summed E-state index contributed by atoms with van der Waals surface area (Å²) in [5, 5.41) is 0.240. The number of pyridine rings is 1. The maximum absolute atomic E-state index is 5.80. The first kappa shape index (κ1) is 12.8. The van der Waals surface area contributed by atoms with Gasteiger partial charge in [0.05, 0.1) is 5.69 Å². The summed E-state index contributed by atoms with van der Waals surface area (Å²) in [6, 6.07) is 9.93. The van der Waals surface area contributed by atoms with Gasteiger partial charge < -0.3 is 4.57 Å². The zero-order chi connectivity index (χ0) is 14.1. The maximum Gasteiger partial charge on any atom is 0.222 e. The first-order valence-electron chi connectivity index (χ1n) is 6.25. The molecule has 0 fully saturated rings. The molecule has 20 heavy (non-hydrogen) atoms. The topological polar surface area (TPSA) is 43.6 Å². The van der Waals surface area contributed by atoms with E-state index < -0.39 is 0 Å². The molecule has 0 bridgehead atoms. The van der Waals surface area contributed by atoms with Gasteiger partial charge >= 0.3 is 0 Å². The smallest absolute Gasteiger partial charge is 0.222 e. The zero-order valence-corrected chi connectivity index (χ0v) is 12.0. The Morgan fingerprint density at radius 1 is 0.950 bits per heavy atom. The minimum atomic E-state index is 0.240. The molecule has 0 aliphatic heterocycles. The summed E-state index contributed by atoms with van der Waals surface area (Å²) in [5.41, 5.74) is 4.01. The van der Waals surface area contributed by atoms with Gasteiger partial charge in [-0.2, -0.15) is 0 Å². The van der Waals surface area contributed by atoms with Gasteiger partial charge in [-0.1, -0.05) is 0 Å². The van der Waals surface area contributed by atoms with Crippen LogP contribution in [-0.4, -0.2) is 19.5 Å². The van der Waals surface area contributed by atoms with Crippen molar-refractivity contribution in [1.82, 2.24) is 19.5 Å². The van der Waals surface area contributed by atoms with Crippen molar-refractivity contribution in [2.45, 2.75) is 13.8 Å². The van der Waals surface area contributed by atoms with E-state index in [1.807, 2.05) is 18.2 Å². The number of hydrogen-bond donors (Lipinski definition) is 0.